The molecule has 1 aliphatic heterocycles. The zero-order valence-electron chi connectivity index (χ0n) is 16.7. The summed E-state index contributed by atoms with van der Waals surface area (Å²) in [5.41, 5.74) is 1.70. The second-order valence-corrected chi connectivity index (χ2v) is 7.74. The minimum absolute atomic E-state index is 0.0972. The molecule has 2 amide bonds. The summed E-state index contributed by atoms with van der Waals surface area (Å²) in [6.45, 7) is 4.97. The van der Waals surface area contributed by atoms with Gasteiger partial charge < -0.3 is 15.4 Å². The van der Waals surface area contributed by atoms with Gasteiger partial charge in [0.05, 0.1) is 19.3 Å². The number of carbonyl (C=O) groups excluding carboxylic acids is 2. The first-order valence-corrected chi connectivity index (χ1v) is 9.90. The molecule has 154 valence electrons. The van der Waals surface area contributed by atoms with Crippen LogP contribution in [0.2, 0.25) is 0 Å². The number of hydrogen-bond donors (Lipinski definition) is 2. The molecule has 0 spiro atoms. The molecule has 4 rings (SSSR count). The van der Waals surface area contributed by atoms with Gasteiger partial charge in [-0.2, -0.15) is 5.10 Å². The molecule has 7 nitrogen and oxygen atoms in total. The lowest BCUT2D eigenvalue weighted by Crippen LogP contribution is -2.32. The van der Waals surface area contributed by atoms with Crippen LogP contribution in [0.25, 0.3) is 0 Å². The van der Waals surface area contributed by atoms with E-state index < -0.39 is 0 Å². The molecule has 1 saturated heterocycles. The SMILES string of the molecule is CC[C@H](c1ccc(C)c(F)c1)n1nc(C(=O)NC)cc1C(=O)N[C@H]1[C@@H]2COC[C@@H]21. The van der Waals surface area contributed by atoms with E-state index in [1.807, 2.05) is 13.0 Å². The molecule has 8 heteroatoms. The van der Waals surface area contributed by atoms with Crippen LogP contribution in [0.4, 0.5) is 4.39 Å². The lowest BCUT2D eigenvalue weighted by atomic mass is 10.0. The van der Waals surface area contributed by atoms with Crippen molar-refractivity contribution in [2.75, 3.05) is 20.3 Å². The van der Waals surface area contributed by atoms with Gasteiger partial charge in [0.25, 0.3) is 11.8 Å². The maximum Gasteiger partial charge on any atom is 0.271 e. The average molecular weight is 400 g/mol. The molecule has 1 saturated carbocycles. The number of nitrogens with one attached hydrogen (secondary N) is 2. The molecule has 2 N–H and O–H groups in total. The average Bonchev–Trinajstić information content (AvgIpc) is 3.10. The number of fused-ring (bicyclic) bond motifs is 1. The second-order valence-electron chi connectivity index (χ2n) is 7.74. The largest absolute Gasteiger partial charge is 0.381 e. The Morgan fingerprint density at radius 1 is 1.28 bits per heavy atom. The van der Waals surface area contributed by atoms with E-state index in [0.717, 1.165) is 0 Å². The Hall–Kier alpha value is -2.74. The van der Waals surface area contributed by atoms with Crippen LogP contribution >= 0.6 is 0 Å². The fourth-order valence-corrected chi connectivity index (χ4v) is 4.09. The van der Waals surface area contributed by atoms with Crippen LogP contribution in [-0.2, 0) is 4.74 Å². The van der Waals surface area contributed by atoms with Crippen LogP contribution in [0.5, 0.6) is 0 Å². The van der Waals surface area contributed by atoms with Gasteiger partial charge in [-0.25, -0.2) is 4.39 Å². The number of amides is 2. The van der Waals surface area contributed by atoms with Gasteiger partial charge in [0.2, 0.25) is 0 Å². The quantitative estimate of drug-likeness (QED) is 0.777. The summed E-state index contributed by atoms with van der Waals surface area (Å²) in [4.78, 5) is 25.2. The van der Waals surface area contributed by atoms with Crippen LogP contribution in [0.3, 0.4) is 0 Å². The third-order valence-corrected chi connectivity index (χ3v) is 5.94. The van der Waals surface area contributed by atoms with Crippen molar-refractivity contribution in [3.63, 3.8) is 0 Å². The molecule has 1 aromatic carbocycles. The Balaban J connectivity index is 1.68. The van der Waals surface area contributed by atoms with E-state index in [4.69, 9.17) is 4.74 Å². The minimum atomic E-state index is -0.376. The van der Waals surface area contributed by atoms with Crippen molar-refractivity contribution in [3.05, 3.63) is 52.6 Å². The number of nitrogens with zero attached hydrogens (tertiary/aromatic N) is 2. The predicted molar refractivity (Wildman–Crippen MR) is 104 cm³/mol. The Labute approximate surface area is 168 Å². The van der Waals surface area contributed by atoms with Crippen molar-refractivity contribution in [1.82, 2.24) is 20.4 Å². The van der Waals surface area contributed by atoms with E-state index in [2.05, 4.69) is 15.7 Å². The Kier molecular flexibility index (Phi) is 5.12. The van der Waals surface area contributed by atoms with Crippen molar-refractivity contribution in [2.45, 2.75) is 32.4 Å². The lowest BCUT2D eigenvalue weighted by molar-refractivity contribution is 0.0914. The van der Waals surface area contributed by atoms with Crippen LogP contribution in [0.15, 0.2) is 24.3 Å². The molecule has 0 unspecified atom stereocenters. The molecular formula is C21H25FN4O3. The van der Waals surface area contributed by atoms with E-state index in [9.17, 15) is 14.0 Å². The Morgan fingerprint density at radius 3 is 2.62 bits per heavy atom. The van der Waals surface area contributed by atoms with E-state index in [1.165, 1.54) is 19.2 Å². The van der Waals surface area contributed by atoms with Gasteiger partial charge in [-0.15, -0.1) is 0 Å². The third-order valence-electron chi connectivity index (χ3n) is 5.94. The summed E-state index contributed by atoms with van der Waals surface area (Å²) < 4.78 is 21.1. The van der Waals surface area contributed by atoms with Crippen molar-refractivity contribution >= 4 is 11.8 Å². The number of halogens is 1. The highest BCUT2D eigenvalue weighted by molar-refractivity contribution is 5.98. The molecule has 2 aromatic rings. The van der Waals surface area contributed by atoms with Crippen molar-refractivity contribution in [2.24, 2.45) is 11.8 Å². The zero-order valence-corrected chi connectivity index (χ0v) is 16.7. The summed E-state index contributed by atoms with van der Waals surface area (Å²) in [7, 11) is 1.51. The van der Waals surface area contributed by atoms with Gasteiger partial charge in [0, 0.05) is 31.0 Å². The molecule has 2 aliphatic rings. The predicted octanol–water partition coefficient (Wildman–Crippen LogP) is 2.06. The summed E-state index contributed by atoms with van der Waals surface area (Å²) in [6, 6.07) is 6.23. The smallest absolute Gasteiger partial charge is 0.271 e. The number of ether oxygens (including phenoxy) is 1. The van der Waals surface area contributed by atoms with E-state index in [1.54, 1.807) is 17.7 Å². The van der Waals surface area contributed by atoms with E-state index in [0.29, 0.717) is 48.3 Å². The summed E-state index contributed by atoms with van der Waals surface area (Å²) >= 11 is 0. The van der Waals surface area contributed by atoms with Gasteiger partial charge in [0.15, 0.2) is 5.69 Å². The number of aromatic nitrogens is 2. The number of hydrogen-bond acceptors (Lipinski definition) is 4. The van der Waals surface area contributed by atoms with Crippen molar-refractivity contribution in [3.8, 4) is 0 Å². The van der Waals surface area contributed by atoms with E-state index >= 15 is 0 Å². The van der Waals surface area contributed by atoms with Gasteiger partial charge in [-0.1, -0.05) is 19.1 Å². The zero-order chi connectivity index (χ0) is 20.7. The lowest BCUT2D eigenvalue weighted by Gasteiger charge is -2.19. The van der Waals surface area contributed by atoms with Crippen molar-refractivity contribution < 1.29 is 18.7 Å². The van der Waals surface area contributed by atoms with Gasteiger partial charge in [-0.05, 0) is 30.5 Å². The number of carbonyl (C=O) groups is 2. The Bertz CT molecular complexity index is 947. The van der Waals surface area contributed by atoms with Crippen LogP contribution in [0.1, 0.15) is 51.5 Å². The maximum absolute atomic E-state index is 14.2. The first-order valence-electron chi connectivity index (χ1n) is 9.90. The van der Waals surface area contributed by atoms with Crippen LogP contribution in [-0.4, -0.2) is 47.9 Å². The topological polar surface area (TPSA) is 85.2 Å². The molecule has 2 fully saturated rings. The number of aryl methyl sites for hydroxylation is 1. The monoisotopic (exact) mass is 400 g/mol. The normalized spacial score (nSPS) is 23.4. The second kappa shape index (κ2) is 7.59. The molecule has 29 heavy (non-hydrogen) atoms. The summed E-state index contributed by atoms with van der Waals surface area (Å²) in [5.74, 6) is -0.238. The molecule has 1 aliphatic carbocycles. The fraction of sp³-hybridized carbons (Fsp3) is 0.476. The molecule has 0 bridgehead atoms. The molecule has 2 heterocycles. The number of benzene rings is 1. The molecular weight excluding hydrogens is 375 g/mol. The highest BCUT2D eigenvalue weighted by atomic mass is 19.1. The molecule has 0 radical (unpaired) electrons. The molecule has 4 atom stereocenters. The first kappa shape index (κ1) is 19.6. The standard InChI is InChI=1S/C21H25FN4O3/c1-4-17(12-6-5-11(2)15(22)7-12)26-18(8-16(25-26)20(27)23-3)21(28)24-19-13-9-29-10-14(13)19/h5-8,13-14,17,19H,4,9-10H2,1-3H3,(H,23,27)(H,24,28)/t13-,14+,17-,19+/m1/s1. The minimum Gasteiger partial charge on any atom is -0.381 e. The molecule has 1 aromatic heterocycles. The first-order chi connectivity index (χ1) is 13.9. The highest BCUT2D eigenvalue weighted by Gasteiger charge is 2.55. The Morgan fingerprint density at radius 2 is 2.00 bits per heavy atom. The van der Waals surface area contributed by atoms with Gasteiger partial charge in [0.1, 0.15) is 11.5 Å². The third kappa shape index (κ3) is 3.53. The summed E-state index contributed by atoms with van der Waals surface area (Å²) in [5, 5.41) is 9.98. The highest BCUT2D eigenvalue weighted by Crippen LogP contribution is 2.44. The maximum atomic E-state index is 14.2. The van der Waals surface area contributed by atoms with Gasteiger partial charge >= 0.3 is 0 Å². The van der Waals surface area contributed by atoms with Gasteiger partial charge in [-0.3, -0.25) is 14.3 Å². The van der Waals surface area contributed by atoms with E-state index in [-0.39, 0.29) is 35.4 Å². The van der Waals surface area contributed by atoms with Crippen LogP contribution < -0.4 is 10.6 Å². The van der Waals surface area contributed by atoms with Crippen LogP contribution in [0, 0.1) is 24.6 Å². The van der Waals surface area contributed by atoms with Crippen molar-refractivity contribution in [1.29, 1.82) is 0 Å². The fourth-order valence-electron chi connectivity index (χ4n) is 4.09. The number of rotatable bonds is 6. The summed E-state index contributed by atoms with van der Waals surface area (Å²) in [6.07, 6.45) is 0.583.